The van der Waals surface area contributed by atoms with Crippen LogP contribution in [0.2, 0.25) is 0 Å². The minimum atomic E-state index is -0.476. The topological polar surface area (TPSA) is 64.3 Å². The molecule has 0 radical (unpaired) electrons. The summed E-state index contributed by atoms with van der Waals surface area (Å²) in [4.78, 5) is 12.0. The second kappa shape index (κ2) is 6.73. The van der Waals surface area contributed by atoms with Crippen LogP contribution in [0.25, 0.3) is 0 Å². The van der Waals surface area contributed by atoms with E-state index < -0.39 is 5.82 Å². The largest absolute Gasteiger partial charge is 0.497 e. The van der Waals surface area contributed by atoms with Crippen molar-refractivity contribution in [1.82, 2.24) is 0 Å². The van der Waals surface area contributed by atoms with Crippen molar-refractivity contribution in [3.05, 3.63) is 24.0 Å². The lowest BCUT2D eigenvalue weighted by molar-refractivity contribution is -0.120. The van der Waals surface area contributed by atoms with Crippen LogP contribution >= 0.6 is 12.4 Å². The van der Waals surface area contributed by atoms with Crippen molar-refractivity contribution in [3.8, 4) is 5.75 Å². The van der Waals surface area contributed by atoms with Gasteiger partial charge in [-0.15, -0.1) is 12.4 Å². The van der Waals surface area contributed by atoms with Gasteiger partial charge in [-0.2, -0.15) is 0 Å². The fourth-order valence-corrected chi connectivity index (χ4v) is 2.27. The molecule has 0 spiro atoms. The Morgan fingerprint density at radius 3 is 2.79 bits per heavy atom. The van der Waals surface area contributed by atoms with E-state index in [2.05, 4.69) is 5.32 Å². The number of methoxy groups -OCH3 is 1. The zero-order chi connectivity index (χ0) is 13.1. The Balaban J connectivity index is 0.00000180. The Morgan fingerprint density at radius 2 is 2.21 bits per heavy atom. The first kappa shape index (κ1) is 15.7. The summed E-state index contributed by atoms with van der Waals surface area (Å²) in [6.45, 7) is 0. The summed E-state index contributed by atoms with van der Waals surface area (Å²) in [5, 5.41) is 2.58. The fourth-order valence-electron chi connectivity index (χ4n) is 2.27. The second-order valence-corrected chi connectivity index (χ2v) is 4.54. The summed E-state index contributed by atoms with van der Waals surface area (Å²) in [5.74, 6) is -0.416. The highest BCUT2D eigenvalue weighted by Crippen LogP contribution is 2.27. The molecule has 3 N–H and O–H groups in total. The second-order valence-electron chi connectivity index (χ2n) is 4.54. The molecule has 106 valence electrons. The van der Waals surface area contributed by atoms with Crippen LogP contribution in [0.15, 0.2) is 18.2 Å². The highest BCUT2D eigenvalue weighted by atomic mass is 35.5. The van der Waals surface area contributed by atoms with Gasteiger partial charge in [-0.05, 0) is 25.0 Å². The number of carbonyl (C=O) groups excluding carboxylic acids is 1. The molecule has 1 aromatic carbocycles. The molecule has 1 saturated carbocycles. The maximum atomic E-state index is 13.5. The summed E-state index contributed by atoms with van der Waals surface area (Å²) in [7, 11) is 1.49. The minimum Gasteiger partial charge on any atom is -0.497 e. The molecule has 1 aliphatic carbocycles. The number of hydrogen-bond acceptors (Lipinski definition) is 3. The molecule has 1 amide bonds. The van der Waals surface area contributed by atoms with Crippen LogP contribution in [0, 0.1) is 11.7 Å². The number of carbonyl (C=O) groups is 1. The van der Waals surface area contributed by atoms with E-state index in [4.69, 9.17) is 10.5 Å². The molecule has 6 heteroatoms. The highest BCUT2D eigenvalue weighted by molar-refractivity contribution is 5.93. The average Bonchev–Trinajstić information content (AvgIpc) is 2.78. The molecule has 19 heavy (non-hydrogen) atoms. The Morgan fingerprint density at radius 1 is 1.47 bits per heavy atom. The van der Waals surface area contributed by atoms with Crippen molar-refractivity contribution in [2.75, 3.05) is 12.4 Å². The summed E-state index contributed by atoms with van der Waals surface area (Å²) >= 11 is 0. The lowest BCUT2D eigenvalue weighted by atomic mass is 10.0. The number of benzene rings is 1. The first-order valence-electron chi connectivity index (χ1n) is 6.02. The van der Waals surface area contributed by atoms with Crippen LogP contribution in [0.5, 0.6) is 5.75 Å². The van der Waals surface area contributed by atoms with Gasteiger partial charge in [0.15, 0.2) is 0 Å². The van der Waals surface area contributed by atoms with E-state index in [1.165, 1.54) is 25.3 Å². The Labute approximate surface area is 117 Å². The molecule has 0 aliphatic heterocycles. The summed E-state index contributed by atoms with van der Waals surface area (Å²) in [5.41, 5.74) is 5.99. The minimum absolute atomic E-state index is 0. The molecule has 4 nitrogen and oxygen atoms in total. The van der Waals surface area contributed by atoms with E-state index in [1.54, 1.807) is 0 Å². The smallest absolute Gasteiger partial charge is 0.229 e. The van der Waals surface area contributed by atoms with E-state index in [1.807, 2.05) is 0 Å². The summed E-state index contributed by atoms with van der Waals surface area (Å²) in [6.07, 6.45) is 2.55. The van der Waals surface area contributed by atoms with Gasteiger partial charge < -0.3 is 15.8 Å². The van der Waals surface area contributed by atoms with Crippen LogP contribution in [0.1, 0.15) is 19.3 Å². The van der Waals surface area contributed by atoms with E-state index in [0.717, 1.165) is 19.3 Å². The normalized spacial score (nSPS) is 21.6. The first-order valence-corrected chi connectivity index (χ1v) is 6.02. The zero-order valence-corrected chi connectivity index (χ0v) is 11.5. The number of ether oxygens (including phenoxy) is 1. The molecule has 1 aliphatic rings. The molecule has 0 bridgehead atoms. The number of nitrogens with two attached hydrogens (primary N) is 1. The molecule has 0 saturated heterocycles. The summed E-state index contributed by atoms with van der Waals surface area (Å²) in [6, 6.07) is 4.11. The standard InChI is InChI=1S/C13H17FN2O2.ClH/c1-18-8-5-6-10(14)12(7-8)16-13(17)9-3-2-4-11(9)15;/h5-7,9,11H,2-4,15H2,1H3,(H,16,17);1H. The monoisotopic (exact) mass is 288 g/mol. The van der Waals surface area contributed by atoms with Crippen LogP contribution < -0.4 is 15.8 Å². The average molecular weight is 289 g/mol. The SMILES string of the molecule is COc1ccc(F)c(NC(=O)C2CCCC2N)c1.Cl. The van der Waals surface area contributed by atoms with Gasteiger partial charge in [0.1, 0.15) is 11.6 Å². The molecular formula is C13H18ClFN2O2. The van der Waals surface area contributed by atoms with Crippen molar-refractivity contribution in [2.24, 2.45) is 11.7 Å². The number of anilines is 1. The van der Waals surface area contributed by atoms with E-state index in [9.17, 15) is 9.18 Å². The number of amides is 1. The van der Waals surface area contributed by atoms with Crippen molar-refractivity contribution < 1.29 is 13.9 Å². The predicted molar refractivity (Wildman–Crippen MR) is 74.1 cm³/mol. The van der Waals surface area contributed by atoms with E-state index in [0.29, 0.717) is 5.75 Å². The van der Waals surface area contributed by atoms with Crippen LogP contribution in [-0.2, 0) is 4.79 Å². The lowest BCUT2D eigenvalue weighted by Crippen LogP contribution is -2.34. The van der Waals surface area contributed by atoms with Gasteiger partial charge in [0, 0.05) is 12.1 Å². The van der Waals surface area contributed by atoms with E-state index in [-0.39, 0.29) is 36.0 Å². The van der Waals surface area contributed by atoms with Crippen LogP contribution in [-0.4, -0.2) is 19.1 Å². The van der Waals surface area contributed by atoms with Gasteiger partial charge in [-0.1, -0.05) is 6.42 Å². The Kier molecular flexibility index (Phi) is 5.57. The highest BCUT2D eigenvalue weighted by Gasteiger charge is 2.30. The maximum absolute atomic E-state index is 13.5. The van der Waals surface area contributed by atoms with Crippen LogP contribution in [0.3, 0.4) is 0 Å². The van der Waals surface area contributed by atoms with Crippen molar-refractivity contribution in [3.63, 3.8) is 0 Å². The fraction of sp³-hybridized carbons (Fsp3) is 0.462. The molecule has 0 heterocycles. The lowest BCUT2D eigenvalue weighted by Gasteiger charge is -2.15. The van der Waals surface area contributed by atoms with Crippen molar-refractivity contribution >= 4 is 24.0 Å². The maximum Gasteiger partial charge on any atom is 0.229 e. The van der Waals surface area contributed by atoms with Gasteiger partial charge in [0.25, 0.3) is 0 Å². The molecular weight excluding hydrogens is 271 g/mol. The molecule has 0 aromatic heterocycles. The first-order chi connectivity index (χ1) is 8.61. The molecule has 2 rings (SSSR count). The zero-order valence-electron chi connectivity index (χ0n) is 10.7. The number of rotatable bonds is 3. The van der Waals surface area contributed by atoms with Gasteiger partial charge in [0.2, 0.25) is 5.91 Å². The third-order valence-electron chi connectivity index (χ3n) is 3.34. The molecule has 1 aromatic rings. The van der Waals surface area contributed by atoms with Gasteiger partial charge in [-0.3, -0.25) is 4.79 Å². The van der Waals surface area contributed by atoms with Crippen LogP contribution in [0.4, 0.5) is 10.1 Å². The number of hydrogen-bond donors (Lipinski definition) is 2. The quantitative estimate of drug-likeness (QED) is 0.897. The van der Waals surface area contributed by atoms with Crippen molar-refractivity contribution in [2.45, 2.75) is 25.3 Å². The van der Waals surface area contributed by atoms with E-state index >= 15 is 0 Å². The van der Waals surface area contributed by atoms with Gasteiger partial charge >= 0.3 is 0 Å². The third-order valence-corrected chi connectivity index (χ3v) is 3.34. The number of nitrogens with one attached hydrogen (secondary N) is 1. The molecule has 2 unspecified atom stereocenters. The van der Waals surface area contributed by atoms with Crippen molar-refractivity contribution in [1.29, 1.82) is 0 Å². The van der Waals surface area contributed by atoms with Gasteiger partial charge in [-0.25, -0.2) is 4.39 Å². The summed E-state index contributed by atoms with van der Waals surface area (Å²) < 4.78 is 18.5. The van der Waals surface area contributed by atoms with Gasteiger partial charge in [0.05, 0.1) is 18.7 Å². The Hall–Kier alpha value is -1.33. The molecule has 1 fully saturated rings. The third kappa shape index (κ3) is 3.58. The molecule has 2 atom stereocenters. The Bertz CT molecular complexity index is 456. The predicted octanol–water partition coefficient (Wildman–Crippen LogP) is 2.32. The number of halogens is 2.